The molecule has 0 spiro atoms. The number of hydrogen-bond donors (Lipinski definition) is 2. The third-order valence-corrected chi connectivity index (χ3v) is 4.43. The number of amides is 1. The van der Waals surface area contributed by atoms with Gasteiger partial charge in [-0.15, -0.1) is 0 Å². The zero-order valence-corrected chi connectivity index (χ0v) is 10.2. The van der Waals surface area contributed by atoms with Crippen molar-refractivity contribution in [2.24, 2.45) is 17.1 Å². The van der Waals surface area contributed by atoms with Crippen LogP contribution in [0.15, 0.2) is 0 Å². The summed E-state index contributed by atoms with van der Waals surface area (Å²) in [6, 6.07) is 2.35. The smallest absolute Gasteiger partial charge is 0.227 e. The largest absolute Gasteiger partial charge is 0.352 e. The average molecular weight is 235 g/mol. The van der Waals surface area contributed by atoms with Crippen LogP contribution in [0.1, 0.15) is 44.9 Å². The van der Waals surface area contributed by atoms with Gasteiger partial charge < -0.3 is 11.1 Å². The van der Waals surface area contributed by atoms with Crippen LogP contribution in [-0.4, -0.2) is 18.5 Å². The highest BCUT2D eigenvalue weighted by atomic mass is 16.2. The Hall–Kier alpha value is -1.08. The number of nitrogens with two attached hydrogens (primary N) is 1. The monoisotopic (exact) mass is 235 g/mol. The Kier molecular flexibility index (Phi) is 3.68. The molecule has 0 saturated heterocycles. The van der Waals surface area contributed by atoms with Crippen LogP contribution in [0.25, 0.3) is 0 Å². The number of rotatable bonds is 3. The summed E-state index contributed by atoms with van der Waals surface area (Å²) < 4.78 is 0. The number of nitriles is 1. The molecule has 0 aromatic carbocycles. The predicted octanol–water partition coefficient (Wildman–Crippen LogP) is 1.31. The Balaban J connectivity index is 1.99. The second-order valence-electron chi connectivity index (χ2n) is 5.44. The molecule has 17 heavy (non-hydrogen) atoms. The highest BCUT2D eigenvalue weighted by molar-refractivity contribution is 5.83. The standard InChI is InChI=1S/C13H21N3O/c14-8-10-4-3-5-11(10)16-12(17)13(9-15)6-1-2-7-13/h10-11H,1-7,9,15H2,(H,16,17). The van der Waals surface area contributed by atoms with Crippen molar-refractivity contribution in [1.82, 2.24) is 5.32 Å². The quantitative estimate of drug-likeness (QED) is 0.774. The van der Waals surface area contributed by atoms with Crippen LogP contribution in [0.2, 0.25) is 0 Å². The van der Waals surface area contributed by atoms with Crippen LogP contribution in [-0.2, 0) is 4.79 Å². The van der Waals surface area contributed by atoms with E-state index in [0.717, 1.165) is 44.9 Å². The Morgan fingerprint density at radius 3 is 2.65 bits per heavy atom. The summed E-state index contributed by atoms with van der Waals surface area (Å²) in [6.45, 7) is 0.433. The van der Waals surface area contributed by atoms with Crippen molar-refractivity contribution in [3.8, 4) is 6.07 Å². The maximum Gasteiger partial charge on any atom is 0.227 e. The minimum Gasteiger partial charge on any atom is -0.352 e. The fraction of sp³-hybridized carbons (Fsp3) is 0.846. The van der Waals surface area contributed by atoms with Gasteiger partial charge in [-0.25, -0.2) is 0 Å². The first-order valence-electron chi connectivity index (χ1n) is 6.62. The molecular formula is C13H21N3O. The van der Waals surface area contributed by atoms with Crippen molar-refractivity contribution < 1.29 is 4.79 Å². The van der Waals surface area contributed by atoms with Crippen LogP contribution in [0.5, 0.6) is 0 Å². The lowest BCUT2D eigenvalue weighted by Gasteiger charge is -2.28. The molecule has 3 N–H and O–H groups in total. The molecule has 2 fully saturated rings. The molecule has 4 nitrogen and oxygen atoms in total. The molecule has 0 aliphatic heterocycles. The first-order valence-corrected chi connectivity index (χ1v) is 6.62. The number of nitrogens with one attached hydrogen (secondary N) is 1. The molecule has 0 heterocycles. The maximum absolute atomic E-state index is 12.3. The summed E-state index contributed by atoms with van der Waals surface area (Å²) in [5.74, 6) is 0.0832. The summed E-state index contributed by atoms with van der Waals surface area (Å²) >= 11 is 0. The third kappa shape index (κ3) is 2.30. The molecule has 4 heteroatoms. The minimum absolute atomic E-state index is 0.00447. The molecule has 0 radical (unpaired) electrons. The van der Waals surface area contributed by atoms with Crippen LogP contribution < -0.4 is 11.1 Å². The van der Waals surface area contributed by atoms with Gasteiger partial charge in [0.15, 0.2) is 0 Å². The van der Waals surface area contributed by atoms with Crippen molar-refractivity contribution in [3.05, 3.63) is 0 Å². The van der Waals surface area contributed by atoms with Crippen molar-refractivity contribution in [2.75, 3.05) is 6.54 Å². The van der Waals surface area contributed by atoms with Crippen molar-refractivity contribution in [3.63, 3.8) is 0 Å². The molecule has 2 aliphatic carbocycles. The van der Waals surface area contributed by atoms with E-state index in [1.807, 2.05) is 0 Å². The maximum atomic E-state index is 12.3. The molecule has 2 unspecified atom stereocenters. The lowest BCUT2D eigenvalue weighted by molar-refractivity contribution is -0.131. The second kappa shape index (κ2) is 5.05. The fourth-order valence-electron chi connectivity index (χ4n) is 3.18. The normalized spacial score (nSPS) is 31.1. The fourth-order valence-corrected chi connectivity index (χ4v) is 3.18. The number of carbonyl (C=O) groups is 1. The Labute approximate surface area is 103 Å². The van der Waals surface area contributed by atoms with Crippen molar-refractivity contribution in [2.45, 2.75) is 51.0 Å². The highest BCUT2D eigenvalue weighted by Gasteiger charge is 2.41. The van der Waals surface area contributed by atoms with Crippen LogP contribution in [0.4, 0.5) is 0 Å². The summed E-state index contributed by atoms with van der Waals surface area (Å²) in [7, 11) is 0. The molecule has 0 aromatic heterocycles. The van der Waals surface area contributed by atoms with Crippen molar-refractivity contribution >= 4 is 5.91 Å². The summed E-state index contributed by atoms with van der Waals surface area (Å²) in [6.07, 6.45) is 6.88. The summed E-state index contributed by atoms with van der Waals surface area (Å²) in [4.78, 5) is 12.3. The van der Waals surface area contributed by atoms with Crippen LogP contribution in [0, 0.1) is 22.7 Å². The van der Waals surface area contributed by atoms with Gasteiger partial charge in [0.1, 0.15) is 0 Å². The highest BCUT2D eigenvalue weighted by Crippen LogP contribution is 2.38. The molecule has 2 atom stereocenters. The Bertz CT molecular complexity index is 328. The molecular weight excluding hydrogens is 214 g/mol. The van der Waals surface area contributed by atoms with Gasteiger partial charge in [0.05, 0.1) is 17.4 Å². The first-order chi connectivity index (χ1) is 8.22. The van der Waals surface area contributed by atoms with Gasteiger partial charge in [-0.3, -0.25) is 4.79 Å². The van der Waals surface area contributed by atoms with E-state index in [1.165, 1.54) is 0 Å². The van der Waals surface area contributed by atoms with E-state index in [-0.39, 0.29) is 23.3 Å². The molecule has 2 aliphatic rings. The summed E-state index contributed by atoms with van der Waals surface area (Å²) in [5.41, 5.74) is 5.44. The van der Waals surface area contributed by atoms with Crippen LogP contribution >= 0.6 is 0 Å². The van der Waals surface area contributed by atoms with E-state index >= 15 is 0 Å². The molecule has 94 valence electrons. The summed E-state index contributed by atoms with van der Waals surface area (Å²) in [5, 5.41) is 12.1. The second-order valence-corrected chi connectivity index (χ2v) is 5.44. The molecule has 1 amide bonds. The van der Waals surface area contributed by atoms with E-state index < -0.39 is 0 Å². The number of carbonyl (C=O) groups excluding carboxylic acids is 1. The molecule has 2 rings (SSSR count). The van der Waals surface area contributed by atoms with Crippen molar-refractivity contribution in [1.29, 1.82) is 5.26 Å². The van der Waals surface area contributed by atoms with E-state index in [9.17, 15) is 4.79 Å². The lowest BCUT2D eigenvalue weighted by atomic mass is 9.84. The minimum atomic E-state index is -0.345. The predicted molar refractivity (Wildman–Crippen MR) is 64.8 cm³/mol. The topological polar surface area (TPSA) is 78.9 Å². The molecule has 0 aromatic rings. The number of nitrogens with zero attached hydrogens (tertiary/aromatic N) is 1. The van der Waals surface area contributed by atoms with Gasteiger partial charge in [-0.2, -0.15) is 5.26 Å². The zero-order valence-electron chi connectivity index (χ0n) is 10.2. The Morgan fingerprint density at radius 2 is 2.06 bits per heavy atom. The van der Waals surface area contributed by atoms with Gasteiger partial charge in [0.25, 0.3) is 0 Å². The van der Waals surface area contributed by atoms with Gasteiger partial charge in [-0.05, 0) is 32.1 Å². The lowest BCUT2D eigenvalue weighted by Crippen LogP contribution is -2.48. The van der Waals surface area contributed by atoms with E-state index in [0.29, 0.717) is 6.54 Å². The van der Waals surface area contributed by atoms with E-state index in [4.69, 9.17) is 11.0 Å². The SMILES string of the molecule is N#CC1CCCC1NC(=O)C1(CN)CCCC1. The zero-order chi connectivity index (χ0) is 12.3. The third-order valence-electron chi connectivity index (χ3n) is 4.43. The van der Waals surface area contributed by atoms with Gasteiger partial charge in [0, 0.05) is 12.6 Å². The Morgan fingerprint density at radius 1 is 1.35 bits per heavy atom. The number of hydrogen-bond acceptors (Lipinski definition) is 3. The molecule has 0 bridgehead atoms. The average Bonchev–Trinajstić information content (AvgIpc) is 2.97. The molecule has 2 saturated carbocycles. The van der Waals surface area contributed by atoms with Gasteiger partial charge in [-0.1, -0.05) is 12.8 Å². The van der Waals surface area contributed by atoms with Gasteiger partial charge >= 0.3 is 0 Å². The van der Waals surface area contributed by atoms with E-state index in [2.05, 4.69) is 11.4 Å². The van der Waals surface area contributed by atoms with Crippen LogP contribution in [0.3, 0.4) is 0 Å². The van der Waals surface area contributed by atoms with Gasteiger partial charge in [0.2, 0.25) is 5.91 Å². The van der Waals surface area contributed by atoms with E-state index in [1.54, 1.807) is 0 Å². The first kappa shape index (κ1) is 12.4.